The molecule has 0 aromatic heterocycles. The lowest BCUT2D eigenvalue weighted by atomic mass is 10.1. The fourth-order valence-corrected chi connectivity index (χ4v) is 2.27. The van der Waals surface area contributed by atoms with Crippen LogP contribution in [0.25, 0.3) is 0 Å². The molecule has 0 heterocycles. The Morgan fingerprint density at radius 2 is 2.05 bits per heavy atom. The number of hydrogen-bond acceptors (Lipinski definition) is 5. The highest BCUT2D eigenvalue weighted by atomic mass is 32.2. The molecule has 0 bridgehead atoms. The third-order valence-corrected chi connectivity index (χ3v) is 3.57. The summed E-state index contributed by atoms with van der Waals surface area (Å²) in [6.07, 6.45) is 1.96. The van der Waals surface area contributed by atoms with Crippen molar-refractivity contribution >= 4 is 23.1 Å². The molecule has 0 aliphatic heterocycles. The Morgan fingerprint density at radius 1 is 1.30 bits per heavy atom. The summed E-state index contributed by atoms with van der Waals surface area (Å²) in [6, 6.07) is 12.0. The van der Waals surface area contributed by atoms with Crippen LogP contribution in [0.15, 0.2) is 47.4 Å². The Labute approximate surface area is 120 Å². The number of para-hydroxylation sites is 1. The van der Waals surface area contributed by atoms with Gasteiger partial charge in [-0.3, -0.25) is 10.1 Å². The molecule has 0 aliphatic rings. The van der Waals surface area contributed by atoms with Gasteiger partial charge in [0.25, 0.3) is 5.69 Å². The van der Waals surface area contributed by atoms with Crippen LogP contribution in [0.4, 0.5) is 11.4 Å². The molecule has 0 amide bonds. The molecule has 2 N–H and O–H groups in total. The fourth-order valence-electron chi connectivity index (χ4n) is 1.72. The van der Waals surface area contributed by atoms with Crippen molar-refractivity contribution in [2.45, 2.75) is 11.5 Å². The topological polar surface area (TPSA) is 78.4 Å². The van der Waals surface area contributed by atoms with Gasteiger partial charge in [-0.05, 0) is 24.5 Å². The molecule has 20 heavy (non-hydrogen) atoms. The molecule has 0 saturated carbocycles. The van der Waals surface area contributed by atoms with Crippen molar-refractivity contribution in [3.05, 3.63) is 58.1 Å². The number of non-ortho nitro benzene ring substituents is 1. The lowest BCUT2D eigenvalue weighted by molar-refractivity contribution is -0.384. The smallest absolute Gasteiger partial charge is 0.269 e. The first kappa shape index (κ1) is 14.2. The maximum absolute atomic E-state index is 10.8. The number of anilines is 1. The Bertz CT molecular complexity index is 632. The summed E-state index contributed by atoms with van der Waals surface area (Å²) in [6.45, 7) is 0.199. The van der Waals surface area contributed by atoms with Crippen LogP contribution in [-0.2, 0) is 6.61 Å². The summed E-state index contributed by atoms with van der Waals surface area (Å²) >= 11 is 1.58. The highest BCUT2D eigenvalue weighted by Crippen LogP contribution is 2.28. The van der Waals surface area contributed by atoms with Crippen LogP contribution in [0.5, 0.6) is 5.75 Å². The van der Waals surface area contributed by atoms with Crippen LogP contribution >= 0.6 is 11.8 Å². The first-order valence-electron chi connectivity index (χ1n) is 5.90. The zero-order valence-electron chi connectivity index (χ0n) is 10.9. The number of nitrogens with two attached hydrogens (primary N) is 1. The second kappa shape index (κ2) is 6.29. The molecule has 0 radical (unpaired) electrons. The van der Waals surface area contributed by atoms with Gasteiger partial charge in [-0.2, -0.15) is 0 Å². The zero-order valence-corrected chi connectivity index (χ0v) is 11.7. The normalized spacial score (nSPS) is 10.2. The van der Waals surface area contributed by atoms with Crippen LogP contribution in [0.1, 0.15) is 5.56 Å². The molecule has 6 heteroatoms. The largest absolute Gasteiger partial charge is 0.488 e. The van der Waals surface area contributed by atoms with Crippen LogP contribution in [-0.4, -0.2) is 11.2 Å². The van der Waals surface area contributed by atoms with Gasteiger partial charge < -0.3 is 10.5 Å². The zero-order chi connectivity index (χ0) is 14.5. The number of benzene rings is 2. The van der Waals surface area contributed by atoms with E-state index in [-0.39, 0.29) is 12.3 Å². The van der Waals surface area contributed by atoms with E-state index in [4.69, 9.17) is 10.5 Å². The molecule has 0 aliphatic carbocycles. The molecule has 0 spiro atoms. The summed E-state index contributed by atoms with van der Waals surface area (Å²) in [4.78, 5) is 11.3. The predicted octanol–water partition coefficient (Wildman–Crippen LogP) is 3.48. The Morgan fingerprint density at radius 3 is 2.75 bits per heavy atom. The lowest BCUT2D eigenvalue weighted by Crippen LogP contribution is -2.02. The van der Waals surface area contributed by atoms with Crippen LogP contribution in [0.3, 0.4) is 0 Å². The Hall–Kier alpha value is -2.21. The molecule has 2 aromatic carbocycles. The van der Waals surface area contributed by atoms with Crippen molar-refractivity contribution in [1.82, 2.24) is 0 Å². The number of nitrogens with zero attached hydrogens (tertiary/aromatic N) is 1. The van der Waals surface area contributed by atoms with Crippen LogP contribution < -0.4 is 10.5 Å². The molecular weight excluding hydrogens is 276 g/mol. The number of rotatable bonds is 5. The van der Waals surface area contributed by atoms with E-state index in [1.54, 1.807) is 11.8 Å². The van der Waals surface area contributed by atoms with Gasteiger partial charge in [0.05, 0.1) is 4.92 Å². The second-order valence-electron chi connectivity index (χ2n) is 4.08. The number of ether oxygens (including phenoxy) is 1. The van der Waals surface area contributed by atoms with E-state index < -0.39 is 4.92 Å². The summed E-state index contributed by atoms with van der Waals surface area (Å²) in [5.41, 5.74) is 6.92. The summed E-state index contributed by atoms with van der Waals surface area (Å²) in [7, 11) is 0. The fraction of sp³-hybridized carbons (Fsp3) is 0.143. The molecule has 0 unspecified atom stereocenters. The van der Waals surface area contributed by atoms with Crippen molar-refractivity contribution in [1.29, 1.82) is 0 Å². The van der Waals surface area contributed by atoms with Crippen molar-refractivity contribution in [3.8, 4) is 5.75 Å². The minimum absolute atomic E-state index is 0.0101. The van der Waals surface area contributed by atoms with Crippen LogP contribution in [0.2, 0.25) is 0 Å². The number of hydrogen-bond donors (Lipinski definition) is 1. The number of nitrogen functional groups attached to an aromatic ring is 1. The Kier molecular flexibility index (Phi) is 4.47. The second-order valence-corrected chi connectivity index (χ2v) is 4.93. The minimum atomic E-state index is -0.446. The maximum atomic E-state index is 10.8. The van der Waals surface area contributed by atoms with E-state index in [1.807, 2.05) is 30.5 Å². The van der Waals surface area contributed by atoms with Gasteiger partial charge in [0, 0.05) is 28.3 Å². The van der Waals surface area contributed by atoms with E-state index >= 15 is 0 Å². The molecule has 5 nitrogen and oxygen atoms in total. The molecule has 0 fully saturated rings. The monoisotopic (exact) mass is 290 g/mol. The van der Waals surface area contributed by atoms with E-state index in [1.165, 1.54) is 18.2 Å². The molecular formula is C14H14N2O3S. The highest BCUT2D eigenvalue weighted by Gasteiger charge is 2.10. The van der Waals surface area contributed by atoms with E-state index in [0.717, 1.165) is 10.6 Å². The average molecular weight is 290 g/mol. The Balaban J connectivity index is 2.18. The van der Waals surface area contributed by atoms with E-state index in [0.29, 0.717) is 11.3 Å². The lowest BCUT2D eigenvalue weighted by Gasteiger charge is -2.11. The van der Waals surface area contributed by atoms with Crippen molar-refractivity contribution < 1.29 is 9.66 Å². The van der Waals surface area contributed by atoms with Crippen molar-refractivity contribution in [2.24, 2.45) is 0 Å². The summed E-state index contributed by atoms with van der Waals surface area (Å²) < 4.78 is 5.71. The van der Waals surface area contributed by atoms with Gasteiger partial charge in [0.2, 0.25) is 0 Å². The third-order valence-electron chi connectivity index (χ3n) is 2.79. The first-order valence-corrected chi connectivity index (χ1v) is 7.13. The minimum Gasteiger partial charge on any atom is -0.488 e. The average Bonchev–Trinajstić information content (AvgIpc) is 2.46. The highest BCUT2D eigenvalue weighted by molar-refractivity contribution is 7.98. The molecule has 104 valence electrons. The van der Waals surface area contributed by atoms with E-state index in [2.05, 4.69) is 0 Å². The molecule has 0 atom stereocenters. The number of nitro benzene ring substituents is 1. The first-order chi connectivity index (χ1) is 9.61. The van der Waals surface area contributed by atoms with Crippen LogP contribution in [0, 0.1) is 10.1 Å². The summed E-state index contributed by atoms with van der Waals surface area (Å²) in [5.74, 6) is 0.742. The van der Waals surface area contributed by atoms with E-state index in [9.17, 15) is 10.1 Å². The van der Waals surface area contributed by atoms with Gasteiger partial charge in [0.1, 0.15) is 12.4 Å². The number of thioether (sulfide) groups is 1. The standard InChI is InChI=1S/C14H14N2O3S/c1-20-14-5-3-2-4-13(14)19-9-10-8-11(16(17)18)6-7-12(10)15/h2-8H,9,15H2,1H3. The molecule has 2 aromatic rings. The SMILES string of the molecule is CSc1ccccc1OCc1cc([N+](=O)[O-])ccc1N. The number of nitro groups is 1. The van der Waals surface area contributed by atoms with Crippen molar-refractivity contribution in [3.63, 3.8) is 0 Å². The summed E-state index contributed by atoms with van der Waals surface area (Å²) in [5, 5.41) is 10.8. The van der Waals surface area contributed by atoms with Gasteiger partial charge in [-0.15, -0.1) is 11.8 Å². The third kappa shape index (κ3) is 3.21. The van der Waals surface area contributed by atoms with Gasteiger partial charge >= 0.3 is 0 Å². The molecule has 0 saturated heterocycles. The van der Waals surface area contributed by atoms with Gasteiger partial charge in [-0.25, -0.2) is 0 Å². The molecule has 2 rings (SSSR count). The quantitative estimate of drug-likeness (QED) is 0.395. The van der Waals surface area contributed by atoms with Gasteiger partial charge in [-0.1, -0.05) is 12.1 Å². The van der Waals surface area contributed by atoms with Crippen molar-refractivity contribution in [2.75, 3.05) is 12.0 Å². The predicted molar refractivity (Wildman–Crippen MR) is 80.1 cm³/mol. The van der Waals surface area contributed by atoms with Gasteiger partial charge in [0.15, 0.2) is 0 Å². The maximum Gasteiger partial charge on any atom is 0.269 e.